The first-order valence-corrected chi connectivity index (χ1v) is 6.56. The van der Waals surface area contributed by atoms with Crippen molar-refractivity contribution in [2.24, 2.45) is 17.3 Å². The molecule has 90 valence electrons. The minimum absolute atomic E-state index is 0.164. The van der Waals surface area contributed by atoms with Gasteiger partial charge in [-0.3, -0.25) is 4.79 Å². The first kappa shape index (κ1) is 10.6. The molecule has 0 amide bonds. The molecule has 4 bridgehead atoms. The Balaban J connectivity index is 1.93. The highest BCUT2D eigenvalue weighted by Crippen LogP contribution is 2.61. The maximum absolute atomic E-state index is 11.6. The van der Waals surface area contributed by atoms with Gasteiger partial charge in [-0.05, 0) is 56.9 Å². The van der Waals surface area contributed by atoms with E-state index in [9.17, 15) is 9.90 Å². The predicted molar refractivity (Wildman–Crippen MR) is 61.2 cm³/mol. The van der Waals surface area contributed by atoms with Gasteiger partial charge in [0.05, 0.1) is 5.41 Å². The van der Waals surface area contributed by atoms with Crippen molar-refractivity contribution in [3.05, 3.63) is 0 Å². The van der Waals surface area contributed by atoms with E-state index in [0.29, 0.717) is 11.8 Å². The Morgan fingerprint density at radius 2 is 1.94 bits per heavy atom. The Hall–Kier alpha value is -0.570. The van der Waals surface area contributed by atoms with Gasteiger partial charge in [-0.2, -0.15) is 0 Å². The van der Waals surface area contributed by atoms with Crippen LogP contribution < -0.4 is 5.32 Å². The van der Waals surface area contributed by atoms with Crippen LogP contribution >= 0.6 is 0 Å². The first-order valence-electron chi connectivity index (χ1n) is 6.56. The molecule has 0 aromatic carbocycles. The zero-order valence-electron chi connectivity index (χ0n) is 9.96. The highest BCUT2D eigenvalue weighted by molar-refractivity contribution is 5.75. The van der Waals surface area contributed by atoms with E-state index in [4.69, 9.17) is 0 Å². The molecule has 0 heterocycles. The molecule has 0 aliphatic heterocycles. The van der Waals surface area contributed by atoms with Crippen molar-refractivity contribution >= 4 is 5.97 Å². The van der Waals surface area contributed by atoms with Crippen molar-refractivity contribution in [3.63, 3.8) is 0 Å². The van der Waals surface area contributed by atoms with Gasteiger partial charge in [0.25, 0.3) is 0 Å². The van der Waals surface area contributed by atoms with Crippen LogP contribution in [0.4, 0.5) is 0 Å². The van der Waals surface area contributed by atoms with Gasteiger partial charge in [-0.15, -0.1) is 0 Å². The maximum atomic E-state index is 11.6. The zero-order valence-corrected chi connectivity index (χ0v) is 9.96. The van der Waals surface area contributed by atoms with Crippen LogP contribution in [0.2, 0.25) is 0 Å². The van der Waals surface area contributed by atoms with Gasteiger partial charge in [0.2, 0.25) is 0 Å². The molecule has 4 aliphatic carbocycles. The SMILES string of the molecule is CCNC12CC3CC(C1)CC(C(=O)O)(C3)C2. The van der Waals surface area contributed by atoms with Crippen molar-refractivity contribution in [2.45, 2.75) is 51.0 Å². The number of aliphatic carboxylic acids is 1. The Bertz CT molecular complexity index is 312. The maximum Gasteiger partial charge on any atom is 0.309 e. The summed E-state index contributed by atoms with van der Waals surface area (Å²) in [6, 6.07) is 0. The standard InChI is InChI=1S/C13H21NO2/c1-2-14-13-6-9-3-10(7-13)5-12(4-9,8-13)11(15)16/h9-10,14H,2-8H2,1H3,(H,15,16). The number of carbonyl (C=O) groups is 1. The fourth-order valence-electron chi connectivity index (χ4n) is 5.09. The van der Waals surface area contributed by atoms with Gasteiger partial charge in [0, 0.05) is 5.54 Å². The topological polar surface area (TPSA) is 49.3 Å². The van der Waals surface area contributed by atoms with Crippen LogP contribution in [0, 0.1) is 17.3 Å². The number of carboxylic acid groups (broad SMARTS) is 1. The van der Waals surface area contributed by atoms with Crippen molar-refractivity contribution in [1.29, 1.82) is 0 Å². The second-order valence-corrected chi connectivity index (χ2v) is 6.36. The molecule has 0 spiro atoms. The summed E-state index contributed by atoms with van der Waals surface area (Å²) in [4.78, 5) is 11.6. The smallest absolute Gasteiger partial charge is 0.309 e. The van der Waals surface area contributed by atoms with E-state index in [1.54, 1.807) is 0 Å². The monoisotopic (exact) mass is 223 g/mol. The number of carboxylic acids is 1. The lowest BCUT2D eigenvalue weighted by Gasteiger charge is -2.60. The van der Waals surface area contributed by atoms with E-state index in [2.05, 4.69) is 12.2 Å². The second kappa shape index (κ2) is 3.22. The molecule has 0 radical (unpaired) electrons. The van der Waals surface area contributed by atoms with Crippen molar-refractivity contribution in [2.75, 3.05) is 6.54 Å². The third kappa shape index (κ3) is 1.33. The van der Waals surface area contributed by atoms with E-state index < -0.39 is 5.97 Å². The molecule has 2 atom stereocenters. The second-order valence-electron chi connectivity index (χ2n) is 6.36. The molecular formula is C13H21NO2. The summed E-state index contributed by atoms with van der Waals surface area (Å²) < 4.78 is 0. The lowest BCUT2D eigenvalue weighted by Crippen LogP contribution is -2.63. The zero-order chi connectivity index (χ0) is 11.4. The molecule has 0 aromatic rings. The van der Waals surface area contributed by atoms with Crippen LogP contribution in [0.1, 0.15) is 45.4 Å². The number of rotatable bonds is 3. The third-order valence-corrected chi connectivity index (χ3v) is 5.07. The Kier molecular flexibility index (Phi) is 2.13. The summed E-state index contributed by atoms with van der Waals surface area (Å²) in [7, 11) is 0. The highest BCUT2D eigenvalue weighted by atomic mass is 16.4. The fraction of sp³-hybridized carbons (Fsp3) is 0.923. The molecule has 4 saturated carbocycles. The molecule has 0 saturated heterocycles. The molecule has 4 fully saturated rings. The molecule has 3 heteroatoms. The summed E-state index contributed by atoms with van der Waals surface area (Å²) in [5.41, 5.74) is -0.219. The molecule has 0 aromatic heterocycles. The largest absolute Gasteiger partial charge is 0.481 e. The van der Waals surface area contributed by atoms with E-state index in [1.165, 1.54) is 19.3 Å². The Morgan fingerprint density at radius 1 is 1.31 bits per heavy atom. The van der Waals surface area contributed by atoms with Gasteiger partial charge in [0.15, 0.2) is 0 Å². The van der Waals surface area contributed by atoms with Crippen LogP contribution in [0.25, 0.3) is 0 Å². The summed E-state index contributed by atoms with van der Waals surface area (Å²) in [5.74, 6) is 0.789. The lowest BCUT2D eigenvalue weighted by atomic mass is 9.47. The number of hydrogen-bond acceptors (Lipinski definition) is 2. The van der Waals surface area contributed by atoms with Gasteiger partial charge in [0.1, 0.15) is 0 Å². The molecule has 16 heavy (non-hydrogen) atoms. The molecule has 2 unspecified atom stereocenters. The van der Waals surface area contributed by atoms with Crippen LogP contribution in [-0.4, -0.2) is 23.2 Å². The van der Waals surface area contributed by atoms with Crippen molar-refractivity contribution < 1.29 is 9.90 Å². The van der Waals surface area contributed by atoms with Crippen LogP contribution in [-0.2, 0) is 4.79 Å². The van der Waals surface area contributed by atoms with E-state index in [1.807, 2.05) is 0 Å². The van der Waals surface area contributed by atoms with Gasteiger partial charge in [-0.1, -0.05) is 6.92 Å². The minimum Gasteiger partial charge on any atom is -0.481 e. The highest BCUT2D eigenvalue weighted by Gasteiger charge is 2.60. The number of hydrogen-bond donors (Lipinski definition) is 2. The van der Waals surface area contributed by atoms with E-state index in [-0.39, 0.29) is 11.0 Å². The summed E-state index contributed by atoms with van der Waals surface area (Å²) in [6.45, 7) is 3.10. The van der Waals surface area contributed by atoms with Crippen LogP contribution in [0.15, 0.2) is 0 Å². The molecular weight excluding hydrogens is 202 g/mol. The summed E-state index contributed by atoms with van der Waals surface area (Å²) >= 11 is 0. The van der Waals surface area contributed by atoms with E-state index >= 15 is 0 Å². The van der Waals surface area contributed by atoms with Gasteiger partial charge >= 0.3 is 5.97 Å². The first-order chi connectivity index (χ1) is 7.57. The lowest BCUT2D eigenvalue weighted by molar-refractivity contribution is -0.168. The predicted octanol–water partition coefficient (Wildman–Crippen LogP) is 2.02. The van der Waals surface area contributed by atoms with E-state index in [0.717, 1.165) is 25.8 Å². The fourth-order valence-corrected chi connectivity index (χ4v) is 5.09. The molecule has 2 N–H and O–H groups in total. The average molecular weight is 223 g/mol. The van der Waals surface area contributed by atoms with Gasteiger partial charge in [-0.25, -0.2) is 0 Å². The molecule has 4 aliphatic rings. The van der Waals surface area contributed by atoms with Crippen molar-refractivity contribution in [1.82, 2.24) is 5.32 Å². The average Bonchev–Trinajstić information content (AvgIpc) is 2.14. The summed E-state index contributed by atoms with van der Waals surface area (Å²) in [6.07, 6.45) is 6.45. The molecule has 3 nitrogen and oxygen atoms in total. The van der Waals surface area contributed by atoms with Gasteiger partial charge < -0.3 is 10.4 Å². The normalized spacial score (nSPS) is 49.6. The van der Waals surface area contributed by atoms with Crippen molar-refractivity contribution in [3.8, 4) is 0 Å². The number of nitrogens with one attached hydrogen (secondary N) is 1. The quantitative estimate of drug-likeness (QED) is 0.769. The van der Waals surface area contributed by atoms with Crippen LogP contribution in [0.3, 0.4) is 0 Å². The van der Waals surface area contributed by atoms with Crippen LogP contribution in [0.5, 0.6) is 0 Å². The Morgan fingerprint density at radius 3 is 2.44 bits per heavy atom. The summed E-state index contributed by atoms with van der Waals surface area (Å²) in [5, 5.41) is 13.1. The minimum atomic E-state index is -0.538. The third-order valence-electron chi connectivity index (χ3n) is 5.07. The Labute approximate surface area is 96.6 Å². The molecule has 4 rings (SSSR count).